The van der Waals surface area contributed by atoms with Crippen LogP contribution in [0.4, 0.5) is 0 Å². The third-order valence-corrected chi connectivity index (χ3v) is 6.54. The second-order valence-corrected chi connectivity index (χ2v) is 12.3. The van der Waals surface area contributed by atoms with Gasteiger partial charge in [-0.15, -0.1) is 11.8 Å². The van der Waals surface area contributed by atoms with Gasteiger partial charge in [-0.1, -0.05) is 67.0 Å². The van der Waals surface area contributed by atoms with Crippen LogP contribution in [-0.2, 0) is 15.6 Å². The van der Waals surface area contributed by atoms with Gasteiger partial charge in [0.25, 0.3) is 0 Å². The first-order valence-corrected chi connectivity index (χ1v) is 12.9. The minimum Gasteiger partial charge on any atom is -0.426 e. The fourth-order valence-electron chi connectivity index (χ4n) is 3.48. The zero-order valence-electron chi connectivity index (χ0n) is 21.8. The SMILES string of the molecule is CCCC(=O)Oc1cc(C(C)(C)C)c(SCCC(C)CCC=C(C)C)cc1C(C)(C)C. The largest absolute Gasteiger partial charge is 0.426 e. The highest BCUT2D eigenvalue weighted by Crippen LogP contribution is 2.42. The van der Waals surface area contributed by atoms with E-state index in [-0.39, 0.29) is 16.8 Å². The number of thioether (sulfide) groups is 1. The van der Waals surface area contributed by atoms with Crippen molar-refractivity contribution >= 4 is 17.7 Å². The predicted molar refractivity (Wildman–Crippen MR) is 138 cm³/mol. The Bertz CT molecular complexity index is 744. The van der Waals surface area contributed by atoms with Crippen molar-refractivity contribution in [1.29, 1.82) is 0 Å². The standard InChI is InChI=1S/C28H46O2S/c1-11-13-26(29)30-24-18-23(28(8,9)10)25(19-22(24)27(5,6)7)31-17-16-21(4)15-12-14-20(2)3/h14,18-19,21H,11-13,15-17H2,1-10H3. The molecule has 1 aromatic carbocycles. The molecular formula is C28H46O2S. The van der Waals surface area contributed by atoms with E-state index in [1.807, 2.05) is 18.7 Å². The van der Waals surface area contributed by atoms with E-state index in [1.54, 1.807) is 0 Å². The Labute approximate surface area is 196 Å². The van der Waals surface area contributed by atoms with Gasteiger partial charge in [0.05, 0.1) is 0 Å². The van der Waals surface area contributed by atoms with Crippen molar-refractivity contribution < 1.29 is 9.53 Å². The Hall–Kier alpha value is -1.22. The molecule has 1 unspecified atom stereocenters. The summed E-state index contributed by atoms with van der Waals surface area (Å²) in [5.74, 6) is 2.42. The van der Waals surface area contributed by atoms with Crippen LogP contribution in [0.25, 0.3) is 0 Å². The van der Waals surface area contributed by atoms with Gasteiger partial charge in [-0.3, -0.25) is 4.79 Å². The summed E-state index contributed by atoms with van der Waals surface area (Å²) in [6.45, 7) is 22.0. The topological polar surface area (TPSA) is 26.3 Å². The van der Waals surface area contributed by atoms with Gasteiger partial charge in [0, 0.05) is 16.9 Å². The summed E-state index contributed by atoms with van der Waals surface area (Å²) in [7, 11) is 0. The minimum absolute atomic E-state index is 0.0142. The van der Waals surface area contributed by atoms with Crippen molar-refractivity contribution in [2.45, 2.75) is 117 Å². The molecule has 0 amide bonds. The molecule has 0 aliphatic carbocycles. The van der Waals surface area contributed by atoms with Crippen molar-refractivity contribution in [3.8, 4) is 5.75 Å². The molecule has 0 bridgehead atoms. The Balaban J connectivity index is 3.12. The Morgan fingerprint density at radius 3 is 2.16 bits per heavy atom. The van der Waals surface area contributed by atoms with Crippen molar-refractivity contribution in [2.75, 3.05) is 5.75 Å². The van der Waals surface area contributed by atoms with Crippen molar-refractivity contribution in [1.82, 2.24) is 0 Å². The van der Waals surface area contributed by atoms with E-state index >= 15 is 0 Å². The van der Waals surface area contributed by atoms with E-state index in [2.05, 4.69) is 80.5 Å². The first-order valence-electron chi connectivity index (χ1n) is 11.9. The van der Waals surface area contributed by atoms with Gasteiger partial charge < -0.3 is 4.74 Å². The van der Waals surface area contributed by atoms with Crippen LogP contribution in [0.15, 0.2) is 28.7 Å². The van der Waals surface area contributed by atoms with Gasteiger partial charge in [-0.05, 0) is 79.7 Å². The molecule has 0 aliphatic rings. The van der Waals surface area contributed by atoms with E-state index in [9.17, 15) is 4.79 Å². The van der Waals surface area contributed by atoms with Crippen LogP contribution in [0.3, 0.4) is 0 Å². The molecule has 0 aliphatic heterocycles. The van der Waals surface area contributed by atoms with E-state index in [4.69, 9.17) is 4.74 Å². The summed E-state index contributed by atoms with van der Waals surface area (Å²) in [6.07, 6.45) is 7.23. The molecule has 0 heterocycles. The number of allylic oxidation sites excluding steroid dienone is 2. The summed E-state index contributed by atoms with van der Waals surface area (Å²) >= 11 is 1.95. The van der Waals surface area contributed by atoms with Crippen LogP contribution in [0.5, 0.6) is 5.75 Å². The highest BCUT2D eigenvalue weighted by Gasteiger charge is 2.27. The van der Waals surface area contributed by atoms with Crippen LogP contribution in [0.2, 0.25) is 0 Å². The minimum atomic E-state index is -0.140. The summed E-state index contributed by atoms with van der Waals surface area (Å²) in [4.78, 5) is 13.6. The molecule has 1 rings (SSSR count). The molecule has 31 heavy (non-hydrogen) atoms. The molecule has 0 N–H and O–H groups in total. The van der Waals surface area contributed by atoms with Crippen LogP contribution in [0, 0.1) is 5.92 Å². The molecule has 0 saturated heterocycles. The third kappa shape index (κ3) is 9.85. The summed E-state index contributed by atoms with van der Waals surface area (Å²) in [6, 6.07) is 4.42. The second-order valence-electron chi connectivity index (χ2n) is 11.2. The lowest BCUT2D eigenvalue weighted by Crippen LogP contribution is -2.20. The Morgan fingerprint density at radius 2 is 1.65 bits per heavy atom. The molecular weight excluding hydrogens is 400 g/mol. The number of carbonyl (C=O) groups is 1. The average Bonchev–Trinajstić information content (AvgIpc) is 2.60. The number of rotatable bonds is 10. The van der Waals surface area contributed by atoms with Crippen molar-refractivity contribution in [2.24, 2.45) is 5.92 Å². The molecule has 1 atom stereocenters. The molecule has 3 heteroatoms. The predicted octanol–water partition coefficient (Wildman–Crippen LogP) is 8.85. The molecule has 0 fully saturated rings. The first kappa shape index (κ1) is 27.8. The van der Waals surface area contributed by atoms with Gasteiger partial charge >= 0.3 is 5.97 Å². The van der Waals surface area contributed by atoms with Crippen LogP contribution >= 0.6 is 11.8 Å². The average molecular weight is 447 g/mol. The number of hydrogen-bond donors (Lipinski definition) is 0. The third-order valence-electron chi connectivity index (χ3n) is 5.46. The molecule has 0 saturated carbocycles. The fraction of sp³-hybridized carbons (Fsp3) is 0.679. The highest BCUT2D eigenvalue weighted by atomic mass is 32.2. The lowest BCUT2D eigenvalue weighted by molar-refractivity contribution is -0.134. The zero-order chi connectivity index (χ0) is 23.8. The molecule has 2 nitrogen and oxygen atoms in total. The quantitative estimate of drug-likeness (QED) is 0.155. The Kier molecular flexibility index (Phi) is 10.9. The maximum Gasteiger partial charge on any atom is 0.311 e. The molecule has 176 valence electrons. The monoisotopic (exact) mass is 446 g/mol. The van der Waals surface area contributed by atoms with E-state index in [0.29, 0.717) is 6.42 Å². The van der Waals surface area contributed by atoms with Gasteiger partial charge in [-0.25, -0.2) is 0 Å². The van der Waals surface area contributed by atoms with Gasteiger partial charge in [0.15, 0.2) is 0 Å². The van der Waals surface area contributed by atoms with Crippen molar-refractivity contribution in [3.63, 3.8) is 0 Å². The van der Waals surface area contributed by atoms with Crippen LogP contribution in [-0.4, -0.2) is 11.7 Å². The van der Waals surface area contributed by atoms with Gasteiger partial charge in [0.2, 0.25) is 0 Å². The maximum atomic E-state index is 12.3. The fourth-order valence-corrected chi connectivity index (χ4v) is 4.95. The lowest BCUT2D eigenvalue weighted by atomic mass is 9.81. The van der Waals surface area contributed by atoms with Crippen LogP contribution < -0.4 is 4.74 Å². The number of ether oxygens (including phenoxy) is 1. The highest BCUT2D eigenvalue weighted by molar-refractivity contribution is 7.99. The molecule has 0 radical (unpaired) electrons. The zero-order valence-corrected chi connectivity index (χ0v) is 22.6. The first-order chi connectivity index (χ1) is 14.3. The van der Waals surface area contributed by atoms with Gasteiger partial charge in [-0.2, -0.15) is 0 Å². The number of esters is 1. The number of carbonyl (C=O) groups excluding carboxylic acids is 1. The molecule has 0 aromatic heterocycles. The van der Waals surface area contributed by atoms with Gasteiger partial charge in [0.1, 0.15) is 5.75 Å². The van der Waals surface area contributed by atoms with Crippen molar-refractivity contribution in [3.05, 3.63) is 34.9 Å². The smallest absolute Gasteiger partial charge is 0.311 e. The molecule has 1 aromatic rings. The molecule has 0 spiro atoms. The normalized spacial score (nSPS) is 13.1. The van der Waals surface area contributed by atoms with E-state index in [0.717, 1.165) is 29.4 Å². The lowest BCUT2D eigenvalue weighted by Gasteiger charge is -2.29. The van der Waals surface area contributed by atoms with E-state index in [1.165, 1.54) is 35.3 Å². The summed E-state index contributed by atoms with van der Waals surface area (Å²) in [5, 5.41) is 0. The van der Waals surface area contributed by atoms with Crippen LogP contribution in [0.1, 0.15) is 112 Å². The second kappa shape index (κ2) is 12.1. The summed E-state index contributed by atoms with van der Waals surface area (Å²) < 4.78 is 5.86. The maximum absolute atomic E-state index is 12.3. The Morgan fingerprint density at radius 1 is 1.03 bits per heavy atom. The number of hydrogen-bond acceptors (Lipinski definition) is 3. The summed E-state index contributed by atoms with van der Waals surface area (Å²) in [5.41, 5.74) is 3.68. The number of benzene rings is 1. The van der Waals surface area contributed by atoms with E-state index < -0.39 is 0 Å².